The molecule has 1 heterocycles. The van der Waals surface area contributed by atoms with Gasteiger partial charge in [0.25, 0.3) is 5.69 Å². The number of aryl methyl sites for hydroxylation is 1. The fraction of sp³-hybridized carbons (Fsp3) is 0.143. The van der Waals surface area contributed by atoms with E-state index in [4.69, 9.17) is 0 Å². The van der Waals surface area contributed by atoms with E-state index in [0.29, 0.717) is 22.7 Å². The van der Waals surface area contributed by atoms with Gasteiger partial charge in [-0.3, -0.25) is 15.5 Å². The third kappa shape index (κ3) is 3.17. The summed E-state index contributed by atoms with van der Waals surface area (Å²) >= 11 is 0. The zero-order valence-electron chi connectivity index (χ0n) is 11.2. The predicted octanol–water partition coefficient (Wildman–Crippen LogP) is 3.13. The SMILES string of the molecule is C/C(=N/Nc1ccccn1)c1ccc(C)c([N+](=O)[O-])c1. The van der Waals surface area contributed by atoms with Crippen LogP contribution >= 0.6 is 0 Å². The molecule has 2 aromatic rings. The average Bonchev–Trinajstić information content (AvgIpc) is 2.46. The van der Waals surface area contributed by atoms with Crippen molar-refractivity contribution in [2.45, 2.75) is 13.8 Å². The highest BCUT2D eigenvalue weighted by atomic mass is 16.6. The second-order valence-corrected chi connectivity index (χ2v) is 4.28. The fourth-order valence-corrected chi connectivity index (χ4v) is 1.67. The van der Waals surface area contributed by atoms with Crippen LogP contribution in [-0.2, 0) is 0 Å². The fourth-order valence-electron chi connectivity index (χ4n) is 1.67. The third-order valence-corrected chi connectivity index (χ3v) is 2.83. The molecule has 0 aliphatic carbocycles. The Kier molecular flexibility index (Phi) is 4.05. The summed E-state index contributed by atoms with van der Waals surface area (Å²) in [4.78, 5) is 14.6. The van der Waals surface area contributed by atoms with Crippen LogP contribution in [0.1, 0.15) is 18.1 Å². The van der Waals surface area contributed by atoms with Crippen LogP contribution < -0.4 is 5.43 Å². The van der Waals surface area contributed by atoms with Gasteiger partial charge in [-0.05, 0) is 26.0 Å². The molecule has 2 rings (SSSR count). The molecule has 0 fully saturated rings. The number of rotatable bonds is 4. The van der Waals surface area contributed by atoms with Gasteiger partial charge in [0.05, 0.1) is 10.6 Å². The lowest BCUT2D eigenvalue weighted by Crippen LogP contribution is -2.02. The molecule has 0 saturated heterocycles. The predicted molar refractivity (Wildman–Crippen MR) is 77.9 cm³/mol. The van der Waals surface area contributed by atoms with E-state index < -0.39 is 4.92 Å². The van der Waals surface area contributed by atoms with Gasteiger partial charge in [0, 0.05) is 23.4 Å². The highest BCUT2D eigenvalue weighted by molar-refractivity contribution is 5.99. The molecule has 20 heavy (non-hydrogen) atoms. The van der Waals surface area contributed by atoms with Crippen LogP contribution in [0.2, 0.25) is 0 Å². The number of pyridine rings is 1. The molecule has 0 saturated carbocycles. The van der Waals surface area contributed by atoms with Gasteiger partial charge in [-0.25, -0.2) is 4.98 Å². The molecular weight excluding hydrogens is 256 g/mol. The lowest BCUT2D eigenvalue weighted by Gasteiger charge is -2.04. The number of aromatic nitrogens is 1. The number of anilines is 1. The maximum absolute atomic E-state index is 10.9. The molecule has 1 N–H and O–H groups in total. The van der Waals surface area contributed by atoms with E-state index in [1.54, 1.807) is 38.2 Å². The summed E-state index contributed by atoms with van der Waals surface area (Å²) in [6.07, 6.45) is 1.66. The van der Waals surface area contributed by atoms with Crippen LogP contribution in [0.5, 0.6) is 0 Å². The van der Waals surface area contributed by atoms with Crippen molar-refractivity contribution in [1.29, 1.82) is 0 Å². The Morgan fingerprint density at radius 2 is 2.15 bits per heavy atom. The van der Waals surface area contributed by atoms with Crippen molar-refractivity contribution in [2.24, 2.45) is 5.10 Å². The van der Waals surface area contributed by atoms with Crippen molar-refractivity contribution < 1.29 is 4.92 Å². The summed E-state index contributed by atoms with van der Waals surface area (Å²) in [7, 11) is 0. The number of nitrogens with one attached hydrogen (secondary N) is 1. The molecular formula is C14H14N4O2. The van der Waals surface area contributed by atoms with Crippen molar-refractivity contribution in [3.63, 3.8) is 0 Å². The number of benzene rings is 1. The minimum atomic E-state index is -0.391. The van der Waals surface area contributed by atoms with Gasteiger partial charge in [-0.1, -0.05) is 18.2 Å². The number of nitro groups is 1. The van der Waals surface area contributed by atoms with Crippen molar-refractivity contribution in [3.05, 3.63) is 63.8 Å². The van der Waals surface area contributed by atoms with Crippen LogP contribution in [0.15, 0.2) is 47.7 Å². The van der Waals surface area contributed by atoms with Gasteiger partial charge in [0.15, 0.2) is 0 Å². The zero-order chi connectivity index (χ0) is 14.5. The van der Waals surface area contributed by atoms with Crippen LogP contribution in [0.3, 0.4) is 0 Å². The van der Waals surface area contributed by atoms with Crippen molar-refractivity contribution >= 4 is 17.2 Å². The number of hydrazone groups is 1. The average molecular weight is 270 g/mol. The topological polar surface area (TPSA) is 80.4 Å². The molecule has 0 unspecified atom stereocenters. The van der Waals surface area contributed by atoms with E-state index >= 15 is 0 Å². The Morgan fingerprint density at radius 3 is 2.80 bits per heavy atom. The van der Waals surface area contributed by atoms with Gasteiger partial charge in [-0.2, -0.15) is 5.10 Å². The number of hydrogen-bond donors (Lipinski definition) is 1. The molecule has 0 atom stereocenters. The zero-order valence-corrected chi connectivity index (χ0v) is 11.2. The molecule has 0 aliphatic heterocycles. The maximum atomic E-state index is 10.9. The van der Waals surface area contributed by atoms with E-state index in [-0.39, 0.29) is 5.69 Å². The van der Waals surface area contributed by atoms with Crippen LogP contribution in [0, 0.1) is 17.0 Å². The quantitative estimate of drug-likeness (QED) is 0.525. The van der Waals surface area contributed by atoms with E-state index in [1.165, 1.54) is 6.07 Å². The summed E-state index contributed by atoms with van der Waals surface area (Å²) in [5.74, 6) is 0.619. The molecule has 6 nitrogen and oxygen atoms in total. The Morgan fingerprint density at radius 1 is 1.35 bits per heavy atom. The Labute approximate surface area is 116 Å². The summed E-state index contributed by atoms with van der Waals surface area (Å²) in [5, 5.41) is 15.1. The first-order chi connectivity index (χ1) is 9.58. The van der Waals surface area contributed by atoms with Gasteiger partial charge < -0.3 is 0 Å². The summed E-state index contributed by atoms with van der Waals surface area (Å²) in [5.41, 5.74) is 4.89. The van der Waals surface area contributed by atoms with Gasteiger partial charge >= 0.3 is 0 Å². The molecule has 6 heteroatoms. The highest BCUT2D eigenvalue weighted by Crippen LogP contribution is 2.19. The third-order valence-electron chi connectivity index (χ3n) is 2.83. The second kappa shape index (κ2) is 5.92. The normalized spacial score (nSPS) is 11.2. The monoisotopic (exact) mass is 270 g/mol. The van der Waals surface area contributed by atoms with Crippen molar-refractivity contribution in [3.8, 4) is 0 Å². The first-order valence-corrected chi connectivity index (χ1v) is 6.04. The molecule has 0 amide bonds. The molecule has 0 spiro atoms. The highest BCUT2D eigenvalue weighted by Gasteiger charge is 2.12. The Balaban J connectivity index is 2.23. The summed E-state index contributed by atoms with van der Waals surface area (Å²) in [6, 6.07) is 10.5. The Bertz CT molecular complexity index is 653. The maximum Gasteiger partial charge on any atom is 0.272 e. The molecule has 102 valence electrons. The first kappa shape index (κ1) is 13.7. The van der Waals surface area contributed by atoms with E-state index in [1.807, 2.05) is 12.1 Å². The minimum absolute atomic E-state index is 0.0925. The number of hydrogen-bond acceptors (Lipinski definition) is 5. The molecule has 0 aliphatic rings. The number of nitrogens with zero attached hydrogens (tertiary/aromatic N) is 3. The van der Waals surface area contributed by atoms with Crippen LogP contribution in [0.25, 0.3) is 0 Å². The lowest BCUT2D eigenvalue weighted by molar-refractivity contribution is -0.385. The van der Waals surface area contributed by atoms with E-state index in [2.05, 4.69) is 15.5 Å². The largest absolute Gasteiger partial charge is 0.272 e. The Hall–Kier alpha value is -2.76. The van der Waals surface area contributed by atoms with Crippen LogP contribution in [-0.4, -0.2) is 15.6 Å². The smallest absolute Gasteiger partial charge is 0.261 e. The molecule has 1 aromatic carbocycles. The van der Waals surface area contributed by atoms with Gasteiger partial charge in [0.2, 0.25) is 0 Å². The van der Waals surface area contributed by atoms with Crippen molar-refractivity contribution in [1.82, 2.24) is 4.98 Å². The first-order valence-electron chi connectivity index (χ1n) is 6.04. The van der Waals surface area contributed by atoms with E-state index in [9.17, 15) is 10.1 Å². The van der Waals surface area contributed by atoms with Crippen molar-refractivity contribution in [2.75, 3.05) is 5.43 Å². The standard InChI is InChI=1S/C14H14N4O2/c1-10-6-7-12(9-13(10)18(19)20)11(2)16-17-14-5-3-4-8-15-14/h3-9H,1-2H3,(H,15,17)/b16-11-. The summed E-state index contributed by atoms with van der Waals surface area (Å²) < 4.78 is 0. The van der Waals surface area contributed by atoms with Gasteiger partial charge in [0.1, 0.15) is 5.82 Å². The summed E-state index contributed by atoms with van der Waals surface area (Å²) in [6.45, 7) is 3.49. The molecule has 0 bridgehead atoms. The molecule has 1 aromatic heterocycles. The van der Waals surface area contributed by atoms with E-state index in [0.717, 1.165) is 0 Å². The second-order valence-electron chi connectivity index (χ2n) is 4.28. The van der Waals surface area contributed by atoms with Gasteiger partial charge in [-0.15, -0.1) is 0 Å². The lowest BCUT2D eigenvalue weighted by atomic mass is 10.1. The minimum Gasteiger partial charge on any atom is -0.261 e. The molecule has 0 radical (unpaired) electrons. The number of nitro benzene ring substituents is 1. The van der Waals surface area contributed by atoms with Crippen LogP contribution in [0.4, 0.5) is 11.5 Å².